The molecule has 1 amide bonds. The van der Waals surface area contributed by atoms with Crippen LogP contribution in [0, 0.1) is 12.8 Å². The number of aryl methyl sites for hydroxylation is 1. The highest BCUT2D eigenvalue weighted by molar-refractivity contribution is 6.00. The molecule has 170 valence electrons. The van der Waals surface area contributed by atoms with E-state index >= 15 is 0 Å². The third kappa shape index (κ3) is 4.07. The van der Waals surface area contributed by atoms with Crippen molar-refractivity contribution in [3.63, 3.8) is 0 Å². The predicted octanol–water partition coefficient (Wildman–Crippen LogP) is 4.50. The van der Waals surface area contributed by atoms with Crippen molar-refractivity contribution in [1.82, 2.24) is 24.8 Å². The van der Waals surface area contributed by atoms with Gasteiger partial charge in [0.1, 0.15) is 5.69 Å². The summed E-state index contributed by atoms with van der Waals surface area (Å²) in [5, 5.41) is 0. The minimum Gasteiger partial charge on any atom is -0.332 e. The molecule has 33 heavy (non-hydrogen) atoms. The first kappa shape index (κ1) is 21.5. The molecule has 5 rings (SSSR count). The van der Waals surface area contributed by atoms with Crippen LogP contribution in [0.4, 0.5) is 13.2 Å². The summed E-state index contributed by atoms with van der Waals surface area (Å²) in [5.41, 5.74) is 1.67. The van der Waals surface area contributed by atoms with Crippen LogP contribution in [0.25, 0.3) is 11.5 Å². The van der Waals surface area contributed by atoms with Crippen molar-refractivity contribution in [3.8, 4) is 11.5 Å². The first-order valence-electron chi connectivity index (χ1n) is 10.9. The Morgan fingerprint density at radius 3 is 2.58 bits per heavy atom. The number of halogens is 3. The van der Waals surface area contributed by atoms with Gasteiger partial charge in [-0.05, 0) is 68.4 Å². The molecule has 2 aliphatic rings. The van der Waals surface area contributed by atoms with Gasteiger partial charge in [-0.2, -0.15) is 13.2 Å². The fraction of sp³-hybridized carbons (Fsp3) is 0.375. The van der Waals surface area contributed by atoms with E-state index in [1.165, 1.54) is 6.07 Å². The molecule has 2 bridgehead atoms. The average Bonchev–Trinajstić information content (AvgIpc) is 3.36. The Morgan fingerprint density at radius 2 is 1.88 bits per heavy atom. The van der Waals surface area contributed by atoms with Gasteiger partial charge in [-0.1, -0.05) is 0 Å². The monoisotopic (exact) mass is 453 g/mol. The molecule has 3 aromatic heterocycles. The van der Waals surface area contributed by atoms with Crippen LogP contribution in [-0.2, 0) is 12.6 Å². The maximum absolute atomic E-state index is 13.7. The van der Waals surface area contributed by atoms with Crippen LogP contribution in [0.5, 0.6) is 0 Å². The highest BCUT2D eigenvalue weighted by atomic mass is 19.4. The highest BCUT2D eigenvalue weighted by Gasteiger charge is 2.49. The van der Waals surface area contributed by atoms with Crippen LogP contribution in [0.2, 0.25) is 0 Å². The number of rotatable bonds is 4. The maximum Gasteiger partial charge on any atom is 0.417 e. The van der Waals surface area contributed by atoms with Crippen molar-refractivity contribution in [3.05, 3.63) is 71.4 Å². The van der Waals surface area contributed by atoms with Crippen molar-refractivity contribution in [2.45, 2.75) is 50.9 Å². The first-order chi connectivity index (χ1) is 15.8. The molecule has 3 atom stereocenters. The molecular formula is C24H22F3N5O. The lowest BCUT2D eigenvalue weighted by Gasteiger charge is -2.25. The maximum atomic E-state index is 13.7. The number of nitrogens with zero attached hydrogens (tertiary/aromatic N) is 5. The van der Waals surface area contributed by atoms with Gasteiger partial charge in [-0.3, -0.25) is 14.8 Å². The van der Waals surface area contributed by atoms with Crippen LogP contribution in [0.1, 0.15) is 46.4 Å². The summed E-state index contributed by atoms with van der Waals surface area (Å²) >= 11 is 0. The third-order valence-electron chi connectivity index (χ3n) is 6.56. The Morgan fingerprint density at radius 1 is 1.09 bits per heavy atom. The lowest BCUT2D eigenvalue weighted by molar-refractivity contribution is -0.137. The van der Waals surface area contributed by atoms with Crippen LogP contribution in [-0.4, -0.2) is 42.8 Å². The molecule has 5 heterocycles. The van der Waals surface area contributed by atoms with Gasteiger partial charge in [0.15, 0.2) is 5.82 Å². The van der Waals surface area contributed by atoms with Gasteiger partial charge in [0.2, 0.25) is 0 Å². The largest absolute Gasteiger partial charge is 0.417 e. The molecule has 3 aromatic rings. The highest BCUT2D eigenvalue weighted by Crippen LogP contribution is 2.44. The van der Waals surface area contributed by atoms with E-state index in [2.05, 4.69) is 19.9 Å². The van der Waals surface area contributed by atoms with Crippen LogP contribution >= 0.6 is 0 Å². The zero-order chi connectivity index (χ0) is 23.2. The fourth-order valence-electron chi connectivity index (χ4n) is 5.10. The number of carbonyl (C=O) groups excluding carboxylic acids is 1. The van der Waals surface area contributed by atoms with E-state index in [0.717, 1.165) is 37.1 Å². The molecule has 6 nitrogen and oxygen atoms in total. The number of amides is 1. The molecule has 0 aliphatic carbocycles. The van der Waals surface area contributed by atoms with E-state index < -0.39 is 11.7 Å². The molecular weight excluding hydrogens is 431 g/mol. The average molecular weight is 453 g/mol. The predicted molar refractivity (Wildman–Crippen MR) is 114 cm³/mol. The number of fused-ring (bicyclic) bond motifs is 2. The molecule has 2 aliphatic heterocycles. The Hall–Kier alpha value is -3.36. The van der Waals surface area contributed by atoms with Gasteiger partial charge in [0.25, 0.3) is 5.91 Å². The normalized spacial score (nSPS) is 22.1. The number of alkyl halides is 3. The second-order valence-electron chi connectivity index (χ2n) is 8.73. The summed E-state index contributed by atoms with van der Waals surface area (Å²) in [5.74, 6) is 0.466. The molecule has 2 saturated heterocycles. The van der Waals surface area contributed by atoms with Crippen LogP contribution in [0.15, 0.2) is 49.1 Å². The zero-order valence-electron chi connectivity index (χ0n) is 18.0. The van der Waals surface area contributed by atoms with E-state index in [-0.39, 0.29) is 23.9 Å². The summed E-state index contributed by atoms with van der Waals surface area (Å²) in [6.07, 6.45) is 4.57. The van der Waals surface area contributed by atoms with Crippen LogP contribution < -0.4 is 0 Å². The minimum atomic E-state index is -4.40. The standard InChI is InChI=1S/C24H22F3N5O/c1-14-9-19(21(31-12-14)22-28-7-2-8-29-22)23(33)32-18-5-6-20(32)15(11-18)10-17-4-3-16(13-30-17)24(25,26)27/h2-4,7-9,12-13,15,18,20H,5-6,10-11H2,1H3. The smallest absolute Gasteiger partial charge is 0.332 e. The van der Waals surface area contributed by atoms with Gasteiger partial charge in [-0.15, -0.1) is 0 Å². The Kier molecular flexibility index (Phi) is 5.34. The van der Waals surface area contributed by atoms with E-state index in [1.54, 1.807) is 24.7 Å². The van der Waals surface area contributed by atoms with E-state index in [4.69, 9.17) is 0 Å². The zero-order valence-corrected chi connectivity index (χ0v) is 18.0. The van der Waals surface area contributed by atoms with E-state index in [0.29, 0.717) is 29.2 Å². The quantitative estimate of drug-likeness (QED) is 0.582. The first-order valence-corrected chi connectivity index (χ1v) is 10.9. The van der Waals surface area contributed by atoms with Gasteiger partial charge in [0, 0.05) is 42.6 Å². The van der Waals surface area contributed by atoms with Crippen molar-refractivity contribution < 1.29 is 18.0 Å². The van der Waals surface area contributed by atoms with Crippen molar-refractivity contribution in [1.29, 1.82) is 0 Å². The fourth-order valence-corrected chi connectivity index (χ4v) is 5.10. The van der Waals surface area contributed by atoms with Gasteiger partial charge in [-0.25, -0.2) is 9.97 Å². The summed E-state index contributed by atoms with van der Waals surface area (Å²) in [6.45, 7) is 1.89. The number of pyridine rings is 2. The number of aromatic nitrogens is 4. The Bertz CT molecular complexity index is 1170. The molecule has 0 spiro atoms. The van der Waals surface area contributed by atoms with Crippen LogP contribution in [0.3, 0.4) is 0 Å². The molecule has 3 unspecified atom stereocenters. The Balaban J connectivity index is 1.39. The van der Waals surface area contributed by atoms with E-state index in [1.807, 2.05) is 17.9 Å². The number of hydrogen-bond acceptors (Lipinski definition) is 5. The lowest BCUT2D eigenvalue weighted by atomic mass is 9.86. The number of hydrogen-bond donors (Lipinski definition) is 0. The molecule has 0 radical (unpaired) electrons. The SMILES string of the molecule is Cc1cnc(-c2ncccn2)c(C(=O)N2C3CCC2C(Cc2ccc(C(F)(F)F)cn2)C3)c1. The Labute approximate surface area is 188 Å². The summed E-state index contributed by atoms with van der Waals surface area (Å²) in [6, 6.07) is 6.17. The minimum absolute atomic E-state index is 0.0247. The summed E-state index contributed by atoms with van der Waals surface area (Å²) in [7, 11) is 0. The van der Waals surface area contributed by atoms with E-state index in [9.17, 15) is 18.0 Å². The number of carbonyl (C=O) groups is 1. The van der Waals surface area contributed by atoms with Gasteiger partial charge < -0.3 is 4.90 Å². The summed E-state index contributed by atoms with van der Waals surface area (Å²) in [4.78, 5) is 32.7. The van der Waals surface area contributed by atoms with Gasteiger partial charge >= 0.3 is 6.18 Å². The van der Waals surface area contributed by atoms with Crippen molar-refractivity contribution >= 4 is 5.91 Å². The van der Waals surface area contributed by atoms with Crippen molar-refractivity contribution in [2.24, 2.45) is 5.92 Å². The second kappa shape index (κ2) is 8.20. The third-order valence-corrected chi connectivity index (χ3v) is 6.56. The molecule has 0 aromatic carbocycles. The second-order valence-corrected chi connectivity index (χ2v) is 8.73. The van der Waals surface area contributed by atoms with Gasteiger partial charge in [0.05, 0.1) is 11.1 Å². The molecule has 9 heteroatoms. The lowest BCUT2D eigenvalue weighted by Crippen LogP contribution is -2.37. The molecule has 0 N–H and O–H groups in total. The topological polar surface area (TPSA) is 71.9 Å². The molecule has 2 fully saturated rings. The molecule has 0 saturated carbocycles. The summed E-state index contributed by atoms with van der Waals surface area (Å²) < 4.78 is 38.5. The van der Waals surface area contributed by atoms with Crippen molar-refractivity contribution in [2.75, 3.05) is 0 Å².